The molecule has 0 radical (unpaired) electrons. The number of hydrogen-bond acceptors (Lipinski definition) is 4. The average molecular weight is 255 g/mol. The van der Waals surface area contributed by atoms with E-state index in [-0.39, 0.29) is 12.0 Å². The van der Waals surface area contributed by atoms with Crippen molar-refractivity contribution in [2.24, 2.45) is 0 Å². The molecule has 2 heterocycles. The molecular formula is C12H14FNO4. The molecule has 1 aromatic rings. The molecule has 0 spiro atoms. The molecule has 0 unspecified atom stereocenters. The molecule has 1 saturated heterocycles. The molecule has 0 saturated carbocycles. The predicted octanol–water partition coefficient (Wildman–Crippen LogP) is 1.24. The maximum atomic E-state index is 12.9. The van der Waals surface area contributed by atoms with Crippen LogP contribution in [-0.4, -0.2) is 30.3 Å². The summed E-state index contributed by atoms with van der Waals surface area (Å²) in [4.78, 5) is 25.3. The van der Waals surface area contributed by atoms with Crippen molar-refractivity contribution >= 4 is 5.78 Å². The van der Waals surface area contributed by atoms with Gasteiger partial charge in [-0.2, -0.15) is 0 Å². The summed E-state index contributed by atoms with van der Waals surface area (Å²) < 4.78 is 23.5. The molecule has 0 aromatic carbocycles. The number of pyridine rings is 1. The van der Waals surface area contributed by atoms with Gasteiger partial charge in [0.25, 0.3) is 5.56 Å². The zero-order valence-corrected chi connectivity index (χ0v) is 9.78. The summed E-state index contributed by atoms with van der Waals surface area (Å²) in [7, 11) is 0. The van der Waals surface area contributed by atoms with Crippen molar-refractivity contribution in [2.75, 3.05) is 13.2 Å². The van der Waals surface area contributed by atoms with Gasteiger partial charge in [-0.1, -0.05) is 0 Å². The Morgan fingerprint density at radius 1 is 1.44 bits per heavy atom. The van der Waals surface area contributed by atoms with Crippen molar-refractivity contribution in [1.82, 2.24) is 4.98 Å². The van der Waals surface area contributed by atoms with E-state index in [1.807, 2.05) is 0 Å². The molecule has 0 aliphatic carbocycles. The number of ketones is 1. The van der Waals surface area contributed by atoms with Gasteiger partial charge in [0.2, 0.25) is 0 Å². The minimum absolute atomic E-state index is 0.0944. The highest BCUT2D eigenvalue weighted by atomic mass is 19.1. The lowest BCUT2D eigenvalue weighted by molar-refractivity contribution is -0.180. The highest BCUT2D eigenvalue weighted by Gasteiger charge is 2.18. The summed E-state index contributed by atoms with van der Waals surface area (Å²) in [6.45, 7) is 1.22. The molecule has 0 bridgehead atoms. The smallest absolute Gasteiger partial charge is 0.259 e. The molecule has 0 atom stereocenters. The second-order valence-corrected chi connectivity index (χ2v) is 4.05. The number of aromatic nitrogens is 1. The van der Waals surface area contributed by atoms with Crippen LogP contribution in [0.25, 0.3) is 0 Å². The largest absolute Gasteiger partial charge is 0.353 e. The second kappa shape index (κ2) is 5.88. The molecule has 5 nitrogen and oxygen atoms in total. The van der Waals surface area contributed by atoms with Gasteiger partial charge >= 0.3 is 0 Å². The Morgan fingerprint density at radius 3 is 2.89 bits per heavy atom. The van der Waals surface area contributed by atoms with E-state index in [1.54, 1.807) is 0 Å². The molecule has 1 aliphatic heterocycles. The van der Waals surface area contributed by atoms with E-state index < -0.39 is 23.4 Å². The number of H-pyrrole nitrogens is 1. The number of halogens is 1. The molecule has 1 fully saturated rings. The topological polar surface area (TPSA) is 68.4 Å². The number of rotatable bonds is 4. The Labute approximate surface area is 103 Å². The predicted molar refractivity (Wildman–Crippen MR) is 60.9 cm³/mol. The zero-order chi connectivity index (χ0) is 13.0. The normalized spacial score (nSPS) is 16.7. The van der Waals surface area contributed by atoms with E-state index in [0.717, 1.165) is 18.7 Å². The molecule has 0 amide bonds. The van der Waals surface area contributed by atoms with Gasteiger partial charge in [-0.3, -0.25) is 9.59 Å². The van der Waals surface area contributed by atoms with E-state index in [2.05, 4.69) is 4.98 Å². The molecule has 1 aromatic heterocycles. The van der Waals surface area contributed by atoms with Gasteiger partial charge in [0.15, 0.2) is 12.1 Å². The van der Waals surface area contributed by atoms with Crippen LogP contribution in [-0.2, 0) is 9.47 Å². The van der Waals surface area contributed by atoms with Gasteiger partial charge in [0.1, 0.15) is 5.82 Å². The van der Waals surface area contributed by atoms with E-state index in [1.165, 1.54) is 0 Å². The quantitative estimate of drug-likeness (QED) is 0.822. The Hall–Kier alpha value is -1.53. The van der Waals surface area contributed by atoms with Gasteiger partial charge in [-0.15, -0.1) is 0 Å². The maximum Gasteiger partial charge on any atom is 0.259 e. The molecule has 2 rings (SSSR count). The van der Waals surface area contributed by atoms with Crippen LogP contribution in [0.3, 0.4) is 0 Å². The Bertz CT molecular complexity index is 479. The summed E-state index contributed by atoms with van der Waals surface area (Å²) in [5.74, 6) is -1.04. The number of carbonyl (C=O) groups is 1. The highest BCUT2D eigenvalue weighted by Crippen LogP contribution is 2.12. The van der Waals surface area contributed by atoms with E-state index in [0.29, 0.717) is 19.6 Å². The molecular weight excluding hydrogens is 241 g/mol. The van der Waals surface area contributed by atoms with Gasteiger partial charge in [0, 0.05) is 19.0 Å². The second-order valence-electron chi connectivity index (χ2n) is 4.05. The van der Waals surface area contributed by atoms with Crippen molar-refractivity contribution in [3.8, 4) is 0 Å². The van der Waals surface area contributed by atoms with E-state index >= 15 is 0 Å². The fourth-order valence-electron chi connectivity index (χ4n) is 1.75. The number of hydrogen-bond donors (Lipinski definition) is 1. The minimum atomic E-state index is -0.636. The third kappa shape index (κ3) is 3.24. The first kappa shape index (κ1) is 12.9. The van der Waals surface area contributed by atoms with Crippen LogP contribution in [0.2, 0.25) is 0 Å². The van der Waals surface area contributed by atoms with Crippen LogP contribution >= 0.6 is 0 Å². The van der Waals surface area contributed by atoms with Gasteiger partial charge in [0.05, 0.1) is 18.8 Å². The van der Waals surface area contributed by atoms with Crippen LogP contribution in [0.5, 0.6) is 0 Å². The number of carbonyl (C=O) groups excluding carboxylic acids is 1. The Balaban J connectivity index is 1.94. The minimum Gasteiger partial charge on any atom is -0.353 e. The van der Waals surface area contributed by atoms with Gasteiger partial charge < -0.3 is 14.5 Å². The van der Waals surface area contributed by atoms with Gasteiger partial charge in [-0.05, 0) is 12.5 Å². The van der Waals surface area contributed by atoms with Crippen molar-refractivity contribution in [1.29, 1.82) is 0 Å². The summed E-state index contributed by atoms with van der Waals surface area (Å²) >= 11 is 0. The van der Waals surface area contributed by atoms with Crippen molar-refractivity contribution in [3.63, 3.8) is 0 Å². The van der Waals surface area contributed by atoms with Crippen LogP contribution in [0.1, 0.15) is 29.6 Å². The van der Waals surface area contributed by atoms with Crippen molar-refractivity contribution in [3.05, 3.63) is 34.0 Å². The number of Topliss-reactive ketones (excluding diaryl/α,β-unsaturated/α-hetero) is 1. The fraction of sp³-hybridized carbons (Fsp3) is 0.500. The lowest BCUT2D eigenvalue weighted by Crippen LogP contribution is -2.26. The first-order valence-corrected chi connectivity index (χ1v) is 5.81. The Morgan fingerprint density at radius 2 is 2.17 bits per heavy atom. The number of aromatic amines is 1. The lowest BCUT2D eigenvalue weighted by Gasteiger charge is -2.22. The molecule has 98 valence electrons. The maximum absolute atomic E-state index is 12.9. The Kier molecular flexibility index (Phi) is 4.22. The third-order valence-electron chi connectivity index (χ3n) is 2.67. The number of nitrogens with one attached hydrogen (secondary N) is 1. The van der Waals surface area contributed by atoms with E-state index in [4.69, 9.17) is 9.47 Å². The molecule has 6 heteroatoms. The third-order valence-corrected chi connectivity index (χ3v) is 2.67. The summed E-state index contributed by atoms with van der Waals surface area (Å²) in [6.07, 6.45) is 1.82. The molecule has 1 aliphatic rings. The average Bonchev–Trinajstić information content (AvgIpc) is 2.40. The lowest BCUT2D eigenvalue weighted by atomic mass is 10.1. The highest BCUT2D eigenvalue weighted by molar-refractivity contribution is 5.95. The van der Waals surface area contributed by atoms with Crippen LogP contribution in [0.15, 0.2) is 17.1 Å². The van der Waals surface area contributed by atoms with Crippen LogP contribution in [0.4, 0.5) is 4.39 Å². The fourth-order valence-corrected chi connectivity index (χ4v) is 1.75. The summed E-state index contributed by atoms with van der Waals surface area (Å²) in [6, 6.07) is 0.948. The van der Waals surface area contributed by atoms with Crippen molar-refractivity contribution < 1.29 is 18.7 Å². The summed E-state index contributed by atoms with van der Waals surface area (Å²) in [5.41, 5.74) is -0.738. The first-order valence-electron chi connectivity index (χ1n) is 5.81. The first-order chi connectivity index (χ1) is 8.66. The molecule has 18 heavy (non-hydrogen) atoms. The summed E-state index contributed by atoms with van der Waals surface area (Å²) in [5, 5.41) is 0. The standard InChI is InChI=1S/C12H14FNO4/c13-8-6-9(12(16)14-7-8)10(15)2-3-11-17-4-1-5-18-11/h6-7,11H,1-5H2,(H,14,16). The molecule has 1 N–H and O–H groups in total. The van der Waals surface area contributed by atoms with E-state index in [9.17, 15) is 14.0 Å². The van der Waals surface area contributed by atoms with Gasteiger partial charge in [-0.25, -0.2) is 4.39 Å². The number of ether oxygens (including phenoxy) is 2. The zero-order valence-electron chi connectivity index (χ0n) is 9.78. The van der Waals surface area contributed by atoms with Crippen LogP contribution in [0, 0.1) is 5.82 Å². The monoisotopic (exact) mass is 255 g/mol. The SMILES string of the molecule is O=C(CCC1OCCCO1)c1cc(F)c[nH]c1=O. The van der Waals surface area contributed by atoms with Crippen molar-refractivity contribution in [2.45, 2.75) is 25.6 Å². The van der Waals surface area contributed by atoms with Crippen LogP contribution < -0.4 is 5.56 Å².